The van der Waals surface area contributed by atoms with Crippen molar-refractivity contribution in [1.82, 2.24) is 10.1 Å². The molecule has 0 N–H and O–H groups in total. The third kappa shape index (κ3) is 4.37. The van der Waals surface area contributed by atoms with Crippen LogP contribution in [0.2, 0.25) is 0 Å². The number of benzene rings is 1. The maximum Gasteiger partial charge on any atom is 0.263 e. The van der Waals surface area contributed by atoms with Gasteiger partial charge in [0.25, 0.3) is 5.91 Å². The second kappa shape index (κ2) is 7.51. The van der Waals surface area contributed by atoms with Crippen molar-refractivity contribution in [3.63, 3.8) is 0 Å². The van der Waals surface area contributed by atoms with Crippen LogP contribution in [0.4, 0.5) is 0 Å². The van der Waals surface area contributed by atoms with E-state index in [2.05, 4.69) is 32.0 Å². The summed E-state index contributed by atoms with van der Waals surface area (Å²) in [6, 6.07) is 7.80. The third-order valence-electron chi connectivity index (χ3n) is 3.98. The molecule has 0 radical (unpaired) electrons. The van der Waals surface area contributed by atoms with Gasteiger partial charge in [-0.2, -0.15) is 0 Å². The molecule has 0 fully saturated rings. The fourth-order valence-electron chi connectivity index (χ4n) is 2.75. The van der Waals surface area contributed by atoms with E-state index in [-0.39, 0.29) is 5.91 Å². The molecule has 1 atom stereocenters. The van der Waals surface area contributed by atoms with E-state index in [0.29, 0.717) is 18.2 Å². The van der Waals surface area contributed by atoms with Gasteiger partial charge in [-0.25, -0.2) is 0 Å². The number of carbonyl (C=O) groups excluding carboxylic acids is 1. The number of hydrogen-bond donors (Lipinski definition) is 0. The summed E-state index contributed by atoms with van der Waals surface area (Å²) < 4.78 is 10.8. The molecule has 0 aliphatic rings. The quantitative estimate of drug-likeness (QED) is 0.807. The summed E-state index contributed by atoms with van der Waals surface area (Å²) >= 11 is 0. The zero-order chi connectivity index (χ0) is 17.9. The maximum absolute atomic E-state index is 12.5. The van der Waals surface area contributed by atoms with E-state index in [9.17, 15) is 4.79 Å². The van der Waals surface area contributed by atoms with Gasteiger partial charge in [-0.1, -0.05) is 25.1 Å². The van der Waals surface area contributed by atoms with E-state index in [0.717, 1.165) is 11.5 Å². The summed E-state index contributed by atoms with van der Waals surface area (Å²) in [7, 11) is 1.74. The fourth-order valence-corrected chi connectivity index (χ4v) is 2.75. The van der Waals surface area contributed by atoms with Crippen molar-refractivity contribution >= 4 is 5.91 Å². The SMILES string of the molecule is Cc1cc(CN(C)C(=O)C(C)Oc2ccc(C(C)C)c(C)c2)no1. The van der Waals surface area contributed by atoms with Gasteiger partial charge in [0, 0.05) is 13.1 Å². The van der Waals surface area contributed by atoms with Crippen LogP contribution in [-0.2, 0) is 11.3 Å². The second-order valence-electron chi connectivity index (χ2n) is 6.56. The van der Waals surface area contributed by atoms with Gasteiger partial charge in [-0.05, 0) is 49.9 Å². The molecule has 0 bridgehead atoms. The van der Waals surface area contributed by atoms with E-state index in [1.165, 1.54) is 11.1 Å². The average molecular weight is 330 g/mol. The Bertz CT molecular complexity index is 706. The van der Waals surface area contributed by atoms with Gasteiger partial charge in [-0.3, -0.25) is 4.79 Å². The molecule has 1 aromatic carbocycles. The Kier molecular flexibility index (Phi) is 5.65. The highest BCUT2D eigenvalue weighted by molar-refractivity contribution is 5.80. The first-order valence-electron chi connectivity index (χ1n) is 8.22. The molecule has 0 saturated carbocycles. The van der Waals surface area contributed by atoms with Crippen LogP contribution in [0.3, 0.4) is 0 Å². The summed E-state index contributed by atoms with van der Waals surface area (Å²) in [6.45, 7) is 10.4. The molecule has 1 aromatic heterocycles. The highest BCUT2D eigenvalue weighted by atomic mass is 16.5. The highest BCUT2D eigenvalue weighted by Crippen LogP contribution is 2.24. The number of likely N-dealkylation sites (N-methyl/N-ethyl adjacent to an activating group) is 1. The number of aryl methyl sites for hydroxylation is 2. The lowest BCUT2D eigenvalue weighted by molar-refractivity contribution is -0.137. The topological polar surface area (TPSA) is 55.6 Å². The summed E-state index contributed by atoms with van der Waals surface area (Å²) in [5.41, 5.74) is 3.20. The average Bonchev–Trinajstić information content (AvgIpc) is 2.91. The maximum atomic E-state index is 12.5. The van der Waals surface area contributed by atoms with Crippen molar-refractivity contribution < 1.29 is 14.1 Å². The first kappa shape index (κ1) is 18.0. The molecule has 0 saturated heterocycles. The molecule has 2 aromatic rings. The number of hydrogen-bond acceptors (Lipinski definition) is 4. The van der Waals surface area contributed by atoms with Crippen LogP contribution in [0.5, 0.6) is 5.75 Å². The Morgan fingerprint density at radius 2 is 1.96 bits per heavy atom. The number of ether oxygens (including phenoxy) is 1. The summed E-state index contributed by atoms with van der Waals surface area (Å²) in [6.07, 6.45) is -0.563. The first-order valence-corrected chi connectivity index (χ1v) is 8.22. The molecule has 2 rings (SSSR count). The minimum Gasteiger partial charge on any atom is -0.481 e. The first-order chi connectivity index (χ1) is 11.3. The lowest BCUT2D eigenvalue weighted by atomic mass is 9.98. The van der Waals surface area contributed by atoms with Crippen molar-refractivity contribution in [3.05, 3.63) is 46.8 Å². The number of amides is 1. The molecule has 24 heavy (non-hydrogen) atoms. The molecule has 5 heteroatoms. The zero-order valence-electron chi connectivity index (χ0n) is 15.3. The van der Waals surface area contributed by atoms with Crippen LogP contribution < -0.4 is 4.74 Å². The van der Waals surface area contributed by atoms with Crippen molar-refractivity contribution in [3.8, 4) is 5.75 Å². The van der Waals surface area contributed by atoms with Crippen molar-refractivity contribution in [2.24, 2.45) is 0 Å². The van der Waals surface area contributed by atoms with E-state index < -0.39 is 6.10 Å². The normalized spacial score (nSPS) is 12.3. The lowest BCUT2D eigenvalue weighted by Gasteiger charge is -2.22. The Balaban J connectivity index is 1.99. The number of aromatic nitrogens is 1. The number of nitrogens with zero attached hydrogens (tertiary/aromatic N) is 2. The Morgan fingerprint density at radius 1 is 1.25 bits per heavy atom. The van der Waals surface area contributed by atoms with Gasteiger partial charge in [-0.15, -0.1) is 0 Å². The van der Waals surface area contributed by atoms with Crippen LogP contribution >= 0.6 is 0 Å². The molecule has 0 spiro atoms. The fraction of sp³-hybridized carbons (Fsp3) is 0.474. The molecule has 5 nitrogen and oxygen atoms in total. The summed E-state index contributed by atoms with van der Waals surface area (Å²) in [5.74, 6) is 1.82. The largest absolute Gasteiger partial charge is 0.481 e. The Hall–Kier alpha value is -2.30. The molecular weight excluding hydrogens is 304 g/mol. The zero-order valence-corrected chi connectivity index (χ0v) is 15.3. The van der Waals surface area contributed by atoms with Gasteiger partial charge >= 0.3 is 0 Å². The van der Waals surface area contributed by atoms with Crippen LogP contribution in [0.15, 0.2) is 28.8 Å². The van der Waals surface area contributed by atoms with Gasteiger partial charge in [0.05, 0.1) is 6.54 Å². The van der Waals surface area contributed by atoms with Crippen molar-refractivity contribution in [2.45, 2.75) is 53.2 Å². The number of carbonyl (C=O) groups is 1. The third-order valence-corrected chi connectivity index (χ3v) is 3.98. The van der Waals surface area contributed by atoms with E-state index in [1.54, 1.807) is 18.9 Å². The van der Waals surface area contributed by atoms with Crippen molar-refractivity contribution in [2.75, 3.05) is 7.05 Å². The lowest BCUT2D eigenvalue weighted by Crippen LogP contribution is -2.37. The second-order valence-corrected chi connectivity index (χ2v) is 6.56. The number of rotatable bonds is 6. The minimum absolute atomic E-state index is 0.0961. The van der Waals surface area contributed by atoms with E-state index in [1.807, 2.05) is 25.1 Å². The Morgan fingerprint density at radius 3 is 2.50 bits per heavy atom. The predicted octanol–water partition coefficient (Wildman–Crippen LogP) is 3.84. The Labute approximate surface area is 143 Å². The van der Waals surface area contributed by atoms with Gasteiger partial charge in [0.2, 0.25) is 0 Å². The monoisotopic (exact) mass is 330 g/mol. The molecule has 1 amide bonds. The van der Waals surface area contributed by atoms with Gasteiger partial charge in [0.15, 0.2) is 6.10 Å². The molecule has 0 aliphatic carbocycles. The molecule has 0 aliphatic heterocycles. The van der Waals surface area contributed by atoms with Crippen LogP contribution in [-0.4, -0.2) is 29.1 Å². The van der Waals surface area contributed by atoms with Gasteiger partial charge in [0.1, 0.15) is 17.2 Å². The summed E-state index contributed by atoms with van der Waals surface area (Å²) in [5, 5.41) is 3.91. The minimum atomic E-state index is -0.563. The van der Waals surface area contributed by atoms with E-state index >= 15 is 0 Å². The van der Waals surface area contributed by atoms with Crippen LogP contribution in [0, 0.1) is 13.8 Å². The molecule has 1 heterocycles. The molecule has 1 unspecified atom stereocenters. The summed E-state index contributed by atoms with van der Waals surface area (Å²) in [4.78, 5) is 14.1. The van der Waals surface area contributed by atoms with Crippen molar-refractivity contribution in [1.29, 1.82) is 0 Å². The highest BCUT2D eigenvalue weighted by Gasteiger charge is 2.20. The molecule has 130 valence electrons. The van der Waals surface area contributed by atoms with Gasteiger partial charge < -0.3 is 14.2 Å². The van der Waals surface area contributed by atoms with Crippen LogP contribution in [0.25, 0.3) is 0 Å². The molecular formula is C19H26N2O3. The smallest absolute Gasteiger partial charge is 0.263 e. The van der Waals surface area contributed by atoms with Crippen LogP contribution in [0.1, 0.15) is 49.3 Å². The van der Waals surface area contributed by atoms with E-state index in [4.69, 9.17) is 9.26 Å². The predicted molar refractivity (Wildman–Crippen MR) is 93.1 cm³/mol. The standard InChI is InChI=1S/C19H26N2O3/c1-12(2)18-8-7-17(9-13(18)3)23-15(5)19(22)21(6)11-16-10-14(4)24-20-16/h7-10,12,15H,11H2,1-6H3.